The second-order valence-electron chi connectivity index (χ2n) is 7.24. The number of hydrogen-bond acceptors (Lipinski definition) is 4. The first kappa shape index (κ1) is 18.8. The summed E-state index contributed by atoms with van der Waals surface area (Å²) in [5, 5.41) is 2.94. The number of rotatable bonds is 5. The summed E-state index contributed by atoms with van der Waals surface area (Å²) in [7, 11) is 0. The van der Waals surface area contributed by atoms with E-state index < -0.39 is 5.60 Å². The van der Waals surface area contributed by atoms with Gasteiger partial charge in [-0.25, -0.2) is 4.79 Å². The van der Waals surface area contributed by atoms with Gasteiger partial charge in [-0.3, -0.25) is 4.79 Å². The third-order valence-electron chi connectivity index (χ3n) is 4.09. The number of carbonyl (C=O) groups is 2. The van der Waals surface area contributed by atoms with Gasteiger partial charge in [0.05, 0.1) is 6.61 Å². The summed E-state index contributed by atoms with van der Waals surface area (Å²) in [6, 6.07) is 0.181. The van der Waals surface area contributed by atoms with E-state index in [1.54, 1.807) is 0 Å². The lowest BCUT2D eigenvalue weighted by Crippen LogP contribution is -2.41. The van der Waals surface area contributed by atoms with Crippen molar-refractivity contribution < 1.29 is 19.1 Å². The average molecular weight is 313 g/mol. The third kappa shape index (κ3) is 7.14. The summed E-state index contributed by atoms with van der Waals surface area (Å²) < 4.78 is 10.3. The fourth-order valence-corrected chi connectivity index (χ4v) is 2.96. The Hall–Kier alpha value is -1.26. The quantitative estimate of drug-likeness (QED) is 0.787. The average Bonchev–Trinajstić information content (AvgIpc) is 2.37. The lowest BCUT2D eigenvalue weighted by molar-refractivity contribution is -0.144. The molecule has 1 amide bonds. The molecular weight excluding hydrogens is 282 g/mol. The Morgan fingerprint density at radius 3 is 2.27 bits per heavy atom. The fourth-order valence-electron chi connectivity index (χ4n) is 2.96. The lowest BCUT2D eigenvalue weighted by atomic mass is 9.78. The van der Waals surface area contributed by atoms with Crippen molar-refractivity contribution in [2.45, 2.75) is 78.4 Å². The fraction of sp³-hybridized carbons (Fsp3) is 0.882. The number of ether oxygens (including phenoxy) is 2. The van der Waals surface area contributed by atoms with Crippen molar-refractivity contribution in [3.8, 4) is 0 Å². The minimum atomic E-state index is -0.463. The smallest absolute Gasteiger partial charge is 0.407 e. The van der Waals surface area contributed by atoms with Crippen molar-refractivity contribution in [1.29, 1.82) is 0 Å². The van der Waals surface area contributed by atoms with Gasteiger partial charge in [0.2, 0.25) is 0 Å². The van der Waals surface area contributed by atoms with Crippen molar-refractivity contribution in [1.82, 2.24) is 5.32 Å². The zero-order valence-corrected chi connectivity index (χ0v) is 14.6. The second-order valence-corrected chi connectivity index (χ2v) is 7.24. The molecule has 1 atom stereocenters. The van der Waals surface area contributed by atoms with Crippen molar-refractivity contribution in [2.75, 3.05) is 6.61 Å². The molecule has 1 saturated carbocycles. The second kappa shape index (κ2) is 8.39. The Labute approximate surface area is 134 Å². The van der Waals surface area contributed by atoms with Crippen molar-refractivity contribution in [3.63, 3.8) is 0 Å². The van der Waals surface area contributed by atoms with Crippen molar-refractivity contribution >= 4 is 12.1 Å². The van der Waals surface area contributed by atoms with Crippen LogP contribution in [0.1, 0.15) is 66.7 Å². The van der Waals surface area contributed by atoms with E-state index in [1.165, 1.54) is 0 Å². The zero-order valence-electron chi connectivity index (χ0n) is 14.6. The van der Waals surface area contributed by atoms with Crippen LogP contribution in [-0.4, -0.2) is 30.3 Å². The minimum absolute atomic E-state index is 0.107. The van der Waals surface area contributed by atoms with Crippen LogP contribution >= 0.6 is 0 Å². The molecule has 1 rings (SSSR count). The van der Waals surface area contributed by atoms with Gasteiger partial charge in [-0.2, -0.15) is 0 Å². The largest absolute Gasteiger partial charge is 0.466 e. The highest BCUT2D eigenvalue weighted by Gasteiger charge is 2.28. The van der Waals surface area contributed by atoms with Crippen LogP contribution in [0.15, 0.2) is 0 Å². The van der Waals surface area contributed by atoms with Gasteiger partial charge >= 0.3 is 12.1 Å². The summed E-state index contributed by atoms with van der Waals surface area (Å²) in [6.07, 6.45) is 4.09. The highest BCUT2D eigenvalue weighted by molar-refractivity contribution is 5.69. The van der Waals surface area contributed by atoms with E-state index in [0.717, 1.165) is 25.7 Å². The number of esters is 1. The van der Waals surface area contributed by atoms with Crippen LogP contribution in [0.3, 0.4) is 0 Å². The zero-order chi connectivity index (χ0) is 16.8. The van der Waals surface area contributed by atoms with Gasteiger partial charge in [-0.05, 0) is 65.2 Å². The first-order chi connectivity index (χ1) is 10.2. The Bertz CT molecular complexity index is 367. The van der Waals surface area contributed by atoms with E-state index in [4.69, 9.17) is 9.47 Å². The van der Waals surface area contributed by atoms with Crippen LogP contribution in [0.2, 0.25) is 0 Å². The number of amides is 1. The topological polar surface area (TPSA) is 64.6 Å². The van der Waals surface area contributed by atoms with E-state index in [1.807, 2.05) is 27.7 Å². The van der Waals surface area contributed by atoms with Crippen molar-refractivity contribution in [3.05, 3.63) is 0 Å². The molecule has 0 bridgehead atoms. The van der Waals surface area contributed by atoms with Gasteiger partial charge in [0.25, 0.3) is 0 Å². The standard InChI is InChI=1S/C17H31NO4/c1-6-21-15(19)11-12(2)13-7-9-14(10-8-13)18-16(20)22-17(3,4)5/h12-14H,6-11H2,1-5H3,(H,18,20)/t12-,13-,14-/m0/s1. The van der Waals surface area contributed by atoms with E-state index in [0.29, 0.717) is 24.9 Å². The molecule has 0 spiro atoms. The van der Waals surface area contributed by atoms with Gasteiger partial charge in [-0.15, -0.1) is 0 Å². The third-order valence-corrected chi connectivity index (χ3v) is 4.09. The van der Waals surface area contributed by atoms with Crippen LogP contribution in [0.5, 0.6) is 0 Å². The van der Waals surface area contributed by atoms with Crippen LogP contribution < -0.4 is 5.32 Å². The van der Waals surface area contributed by atoms with Gasteiger partial charge < -0.3 is 14.8 Å². The van der Waals surface area contributed by atoms with Crippen LogP contribution in [-0.2, 0) is 14.3 Å². The monoisotopic (exact) mass is 313 g/mol. The van der Waals surface area contributed by atoms with Crippen molar-refractivity contribution in [2.24, 2.45) is 11.8 Å². The van der Waals surface area contributed by atoms with E-state index in [-0.39, 0.29) is 18.1 Å². The van der Waals surface area contributed by atoms with Crippen LogP contribution in [0.4, 0.5) is 4.79 Å². The molecule has 0 saturated heterocycles. The minimum Gasteiger partial charge on any atom is -0.466 e. The number of hydrogen-bond donors (Lipinski definition) is 1. The summed E-state index contributed by atoms with van der Waals surface area (Å²) in [6.45, 7) is 9.97. The molecule has 0 aliphatic heterocycles. The Morgan fingerprint density at radius 2 is 1.77 bits per heavy atom. The summed E-state index contributed by atoms with van der Waals surface area (Å²) >= 11 is 0. The van der Waals surface area contributed by atoms with Gasteiger partial charge in [-0.1, -0.05) is 6.92 Å². The molecule has 0 heterocycles. The maximum Gasteiger partial charge on any atom is 0.407 e. The normalized spacial score (nSPS) is 23.5. The molecule has 22 heavy (non-hydrogen) atoms. The highest BCUT2D eigenvalue weighted by atomic mass is 16.6. The molecule has 1 aliphatic rings. The van der Waals surface area contributed by atoms with E-state index in [9.17, 15) is 9.59 Å². The lowest BCUT2D eigenvalue weighted by Gasteiger charge is -2.32. The molecule has 0 radical (unpaired) electrons. The predicted octanol–water partition coefficient (Wildman–Crippen LogP) is 3.66. The summed E-state index contributed by atoms with van der Waals surface area (Å²) in [5.41, 5.74) is -0.463. The molecule has 0 aromatic rings. The predicted molar refractivity (Wildman–Crippen MR) is 85.5 cm³/mol. The highest BCUT2D eigenvalue weighted by Crippen LogP contribution is 2.32. The number of carbonyl (C=O) groups excluding carboxylic acids is 2. The number of alkyl carbamates (subject to hydrolysis) is 1. The molecule has 5 nitrogen and oxygen atoms in total. The molecule has 128 valence electrons. The molecule has 1 N–H and O–H groups in total. The Balaban J connectivity index is 2.31. The van der Waals surface area contributed by atoms with E-state index in [2.05, 4.69) is 12.2 Å². The first-order valence-corrected chi connectivity index (χ1v) is 8.36. The van der Waals surface area contributed by atoms with Gasteiger partial charge in [0, 0.05) is 12.5 Å². The molecular formula is C17H31NO4. The van der Waals surface area contributed by atoms with Crippen LogP contribution in [0, 0.1) is 11.8 Å². The molecule has 0 unspecified atom stereocenters. The SMILES string of the molecule is CCOC(=O)C[C@H](C)[C@H]1CC[C@H](NC(=O)OC(C)(C)C)CC1. The maximum atomic E-state index is 11.8. The molecule has 5 heteroatoms. The van der Waals surface area contributed by atoms with Gasteiger partial charge in [0.1, 0.15) is 5.60 Å². The maximum absolute atomic E-state index is 11.8. The van der Waals surface area contributed by atoms with Crippen LogP contribution in [0.25, 0.3) is 0 Å². The Morgan fingerprint density at radius 1 is 1.18 bits per heavy atom. The Kier molecular flexibility index (Phi) is 7.17. The van der Waals surface area contributed by atoms with E-state index >= 15 is 0 Å². The summed E-state index contributed by atoms with van der Waals surface area (Å²) in [4.78, 5) is 23.3. The first-order valence-electron chi connectivity index (χ1n) is 8.36. The molecule has 1 aliphatic carbocycles. The molecule has 1 fully saturated rings. The summed E-state index contributed by atoms with van der Waals surface area (Å²) in [5.74, 6) is 0.756. The number of nitrogens with one attached hydrogen (secondary N) is 1. The molecule has 0 aromatic carbocycles. The molecule has 0 aromatic heterocycles. The van der Waals surface area contributed by atoms with Gasteiger partial charge in [0.15, 0.2) is 0 Å².